The first kappa shape index (κ1) is 17.4. The molecule has 3 heteroatoms. The number of benzene rings is 3. The number of rotatable bonds is 5. The highest BCUT2D eigenvalue weighted by atomic mass is 16.5. The van der Waals surface area contributed by atoms with Gasteiger partial charge in [-0.15, -0.1) is 0 Å². The second kappa shape index (κ2) is 8.08. The highest BCUT2D eigenvalue weighted by molar-refractivity contribution is 6.06. The highest BCUT2D eigenvalue weighted by Gasteiger charge is 2.08. The number of esters is 1. The lowest BCUT2D eigenvalue weighted by Crippen LogP contribution is -2.08. The van der Waals surface area contributed by atoms with Crippen molar-refractivity contribution >= 4 is 17.8 Å². The molecule has 3 aromatic carbocycles. The molecule has 3 nitrogen and oxygen atoms in total. The molecule has 0 atom stereocenters. The van der Waals surface area contributed by atoms with Gasteiger partial charge in [-0.2, -0.15) is 0 Å². The zero-order valence-corrected chi connectivity index (χ0v) is 14.4. The minimum absolute atomic E-state index is 0.105. The predicted molar refractivity (Wildman–Crippen MR) is 102 cm³/mol. The van der Waals surface area contributed by atoms with E-state index in [1.165, 1.54) is 11.6 Å². The summed E-state index contributed by atoms with van der Waals surface area (Å²) in [5.41, 5.74) is 3.16. The number of aryl methyl sites for hydroxylation is 1. The molecule has 0 aliphatic heterocycles. The monoisotopic (exact) mass is 342 g/mol. The zero-order chi connectivity index (χ0) is 18.4. The molecule has 0 N–H and O–H groups in total. The molecule has 0 aromatic heterocycles. The van der Waals surface area contributed by atoms with Crippen molar-refractivity contribution in [1.29, 1.82) is 0 Å². The van der Waals surface area contributed by atoms with Crippen molar-refractivity contribution in [3.8, 4) is 5.75 Å². The van der Waals surface area contributed by atoms with E-state index >= 15 is 0 Å². The van der Waals surface area contributed by atoms with Crippen molar-refractivity contribution < 1.29 is 14.3 Å². The number of allylic oxidation sites excluding steroid dienone is 1. The summed E-state index contributed by atoms with van der Waals surface area (Å²) in [5, 5.41) is 0. The van der Waals surface area contributed by atoms with Crippen LogP contribution in [0.4, 0.5) is 0 Å². The van der Waals surface area contributed by atoms with Crippen molar-refractivity contribution in [2.45, 2.75) is 6.92 Å². The molecule has 0 saturated heterocycles. The van der Waals surface area contributed by atoms with Gasteiger partial charge in [-0.25, -0.2) is 4.79 Å². The lowest BCUT2D eigenvalue weighted by Gasteiger charge is -2.04. The Labute approximate surface area is 152 Å². The molecule has 0 bridgehead atoms. The minimum atomic E-state index is -0.427. The van der Waals surface area contributed by atoms with Crippen LogP contribution >= 0.6 is 0 Å². The largest absolute Gasteiger partial charge is 0.423 e. The third kappa shape index (κ3) is 4.54. The summed E-state index contributed by atoms with van der Waals surface area (Å²) in [6.45, 7) is 2.02. The van der Waals surface area contributed by atoms with Crippen LogP contribution in [-0.2, 0) is 0 Å². The van der Waals surface area contributed by atoms with Gasteiger partial charge in [0.25, 0.3) is 0 Å². The SMILES string of the molecule is Cc1ccc(/C=C/C(=O)c2ccc(OC(=O)c3ccccc3)cc2)cc1. The molecule has 0 spiro atoms. The van der Waals surface area contributed by atoms with Crippen LogP contribution in [0.3, 0.4) is 0 Å². The third-order valence-electron chi connectivity index (χ3n) is 3.86. The Morgan fingerprint density at radius 1 is 0.769 bits per heavy atom. The molecule has 0 saturated carbocycles. The van der Waals surface area contributed by atoms with Crippen LogP contribution in [0.2, 0.25) is 0 Å². The predicted octanol–water partition coefficient (Wildman–Crippen LogP) is 5.11. The first-order chi connectivity index (χ1) is 12.6. The summed E-state index contributed by atoms with van der Waals surface area (Å²) in [4.78, 5) is 24.3. The normalized spacial score (nSPS) is 10.7. The maximum atomic E-state index is 12.2. The summed E-state index contributed by atoms with van der Waals surface area (Å²) >= 11 is 0. The Kier molecular flexibility index (Phi) is 5.40. The van der Waals surface area contributed by atoms with Gasteiger partial charge in [-0.3, -0.25) is 4.79 Å². The zero-order valence-electron chi connectivity index (χ0n) is 14.4. The standard InChI is InChI=1S/C23H18O3/c1-17-7-9-18(10-8-17)11-16-22(24)19-12-14-21(15-13-19)26-23(25)20-5-3-2-4-6-20/h2-16H,1H3/b16-11+. The summed E-state index contributed by atoms with van der Waals surface area (Å²) < 4.78 is 5.31. The van der Waals surface area contributed by atoms with Gasteiger partial charge < -0.3 is 4.74 Å². The third-order valence-corrected chi connectivity index (χ3v) is 3.86. The number of carbonyl (C=O) groups is 2. The van der Waals surface area contributed by atoms with Gasteiger partial charge in [-0.05, 0) is 55.0 Å². The lowest BCUT2D eigenvalue weighted by molar-refractivity contribution is 0.0734. The average molecular weight is 342 g/mol. The maximum Gasteiger partial charge on any atom is 0.343 e. The van der Waals surface area contributed by atoms with Crippen LogP contribution in [0.5, 0.6) is 5.75 Å². The minimum Gasteiger partial charge on any atom is -0.423 e. The molecular weight excluding hydrogens is 324 g/mol. The molecule has 0 aliphatic rings. The van der Waals surface area contributed by atoms with Crippen molar-refractivity contribution in [2.75, 3.05) is 0 Å². The number of hydrogen-bond acceptors (Lipinski definition) is 3. The first-order valence-electron chi connectivity index (χ1n) is 8.28. The molecule has 3 rings (SSSR count). The lowest BCUT2D eigenvalue weighted by atomic mass is 10.1. The van der Waals surface area contributed by atoms with Gasteiger partial charge in [0.1, 0.15) is 5.75 Å². The fourth-order valence-corrected chi connectivity index (χ4v) is 2.37. The van der Waals surface area contributed by atoms with E-state index in [1.807, 2.05) is 37.3 Å². The Bertz CT molecular complexity index is 921. The molecule has 0 aliphatic carbocycles. The molecule has 0 radical (unpaired) electrons. The van der Waals surface area contributed by atoms with E-state index in [4.69, 9.17) is 4.74 Å². The van der Waals surface area contributed by atoms with E-state index in [0.29, 0.717) is 16.9 Å². The molecule has 3 aromatic rings. The molecule has 0 unspecified atom stereocenters. The summed E-state index contributed by atoms with van der Waals surface area (Å²) in [7, 11) is 0. The maximum absolute atomic E-state index is 12.2. The van der Waals surface area contributed by atoms with Gasteiger partial charge in [0, 0.05) is 5.56 Å². The summed E-state index contributed by atoms with van der Waals surface area (Å²) in [6, 6.07) is 23.2. The van der Waals surface area contributed by atoms with Gasteiger partial charge in [0.15, 0.2) is 5.78 Å². The van der Waals surface area contributed by atoms with Crippen LogP contribution in [-0.4, -0.2) is 11.8 Å². The molecule has 26 heavy (non-hydrogen) atoms. The fraction of sp³-hybridized carbons (Fsp3) is 0.0435. The van der Waals surface area contributed by atoms with Crippen molar-refractivity contribution in [3.63, 3.8) is 0 Å². The van der Waals surface area contributed by atoms with Crippen LogP contribution in [0.15, 0.2) is 84.9 Å². The van der Waals surface area contributed by atoms with Crippen molar-refractivity contribution in [3.05, 3.63) is 107 Å². The van der Waals surface area contributed by atoms with Gasteiger partial charge in [0.05, 0.1) is 5.56 Å². The molecule has 0 amide bonds. The first-order valence-corrected chi connectivity index (χ1v) is 8.28. The second-order valence-electron chi connectivity index (χ2n) is 5.89. The Hall–Kier alpha value is -3.46. The smallest absolute Gasteiger partial charge is 0.343 e. The molecule has 128 valence electrons. The average Bonchev–Trinajstić information content (AvgIpc) is 2.68. The topological polar surface area (TPSA) is 43.4 Å². The highest BCUT2D eigenvalue weighted by Crippen LogP contribution is 2.15. The Morgan fingerprint density at radius 3 is 2.08 bits per heavy atom. The van der Waals surface area contributed by atoms with Gasteiger partial charge in [0.2, 0.25) is 0 Å². The van der Waals surface area contributed by atoms with E-state index in [-0.39, 0.29) is 5.78 Å². The molecule has 0 fully saturated rings. The van der Waals surface area contributed by atoms with Crippen LogP contribution in [0, 0.1) is 6.92 Å². The van der Waals surface area contributed by atoms with Gasteiger partial charge in [-0.1, -0.05) is 54.1 Å². The van der Waals surface area contributed by atoms with E-state index in [0.717, 1.165) is 5.56 Å². The van der Waals surface area contributed by atoms with Crippen molar-refractivity contribution in [1.82, 2.24) is 0 Å². The number of hydrogen-bond donors (Lipinski definition) is 0. The van der Waals surface area contributed by atoms with E-state index < -0.39 is 5.97 Å². The van der Waals surface area contributed by atoms with Crippen LogP contribution < -0.4 is 4.74 Å². The fourth-order valence-electron chi connectivity index (χ4n) is 2.37. The summed E-state index contributed by atoms with van der Waals surface area (Å²) in [5.74, 6) is -0.131. The van der Waals surface area contributed by atoms with Crippen molar-refractivity contribution in [2.24, 2.45) is 0 Å². The molecular formula is C23H18O3. The van der Waals surface area contributed by atoms with Crippen LogP contribution in [0.1, 0.15) is 31.8 Å². The van der Waals surface area contributed by atoms with E-state index in [9.17, 15) is 9.59 Å². The number of carbonyl (C=O) groups excluding carboxylic acids is 2. The Balaban J connectivity index is 1.64. The molecule has 0 heterocycles. The van der Waals surface area contributed by atoms with Crippen LogP contribution in [0.25, 0.3) is 6.08 Å². The van der Waals surface area contributed by atoms with E-state index in [1.54, 1.807) is 54.6 Å². The number of ketones is 1. The van der Waals surface area contributed by atoms with E-state index in [2.05, 4.69) is 0 Å². The quantitative estimate of drug-likeness (QED) is 0.280. The second-order valence-corrected chi connectivity index (χ2v) is 5.89. The number of ether oxygens (including phenoxy) is 1. The van der Waals surface area contributed by atoms with Gasteiger partial charge >= 0.3 is 5.97 Å². The Morgan fingerprint density at radius 2 is 1.42 bits per heavy atom. The summed E-state index contributed by atoms with van der Waals surface area (Å²) in [6.07, 6.45) is 3.32.